The minimum absolute atomic E-state index is 0.131. The SMILES string of the molecule is COC1(O[C@H]2CC[C@H]3[C@@H]4CCC5=CC(=O)CC[C@]5(CO)[C@H]4CC[C@]23C)CCCCC1. The van der Waals surface area contributed by atoms with Crippen molar-refractivity contribution < 1.29 is 19.4 Å². The lowest BCUT2D eigenvalue weighted by atomic mass is 9.47. The lowest BCUT2D eigenvalue weighted by Crippen LogP contribution is -2.54. The van der Waals surface area contributed by atoms with Crippen molar-refractivity contribution in [3.8, 4) is 0 Å². The van der Waals surface area contributed by atoms with Crippen molar-refractivity contribution in [1.29, 1.82) is 0 Å². The molecule has 30 heavy (non-hydrogen) atoms. The number of ether oxygens (including phenoxy) is 2. The number of carbonyl (C=O) groups is 1. The molecule has 0 unspecified atom stereocenters. The molecular weight excluding hydrogens is 376 g/mol. The Morgan fingerprint density at radius 1 is 1.00 bits per heavy atom. The molecule has 0 aromatic carbocycles. The summed E-state index contributed by atoms with van der Waals surface area (Å²) >= 11 is 0. The molecule has 1 N–H and O–H groups in total. The smallest absolute Gasteiger partial charge is 0.168 e. The fourth-order valence-corrected chi connectivity index (χ4v) is 8.52. The second kappa shape index (κ2) is 7.71. The van der Waals surface area contributed by atoms with Crippen molar-refractivity contribution in [2.45, 2.75) is 102 Å². The molecule has 4 nitrogen and oxygen atoms in total. The first kappa shape index (κ1) is 21.2. The highest BCUT2D eigenvalue weighted by Gasteiger charge is 2.61. The van der Waals surface area contributed by atoms with Gasteiger partial charge in [-0.1, -0.05) is 18.9 Å². The molecule has 0 saturated heterocycles. The van der Waals surface area contributed by atoms with Gasteiger partial charge in [0, 0.05) is 31.8 Å². The summed E-state index contributed by atoms with van der Waals surface area (Å²) in [7, 11) is 1.83. The lowest BCUT2D eigenvalue weighted by Gasteiger charge is -2.58. The van der Waals surface area contributed by atoms with E-state index in [-0.39, 0.29) is 35.1 Å². The number of methoxy groups -OCH3 is 1. The van der Waals surface area contributed by atoms with Gasteiger partial charge in [-0.25, -0.2) is 0 Å². The number of carbonyl (C=O) groups excluding carboxylic acids is 1. The molecule has 0 amide bonds. The second-order valence-electron chi connectivity index (χ2n) is 11.3. The number of hydrogen-bond donors (Lipinski definition) is 1. The van der Waals surface area contributed by atoms with E-state index in [1.165, 1.54) is 44.1 Å². The van der Waals surface area contributed by atoms with Gasteiger partial charge in [-0.2, -0.15) is 0 Å². The highest BCUT2D eigenvalue weighted by atomic mass is 16.7. The molecule has 6 atom stereocenters. The van der Waals surface area contributed by atoms with Crippen LogP contribution in [-0.2, 0) is 14.3 Å². The van der Waals surface area contributed by atoms with E-state index in [2.05, 4.69) is 6.92 Å². The van der Waals surface area contributed by atoms with E-state index in [0.717, 1.165) is 38.5 Å². The van der Waals surface area contributed by atoms with Crippen LogP contribution in [0.2, 0.25) is 0 Å². The second-order valence-corrected chi connectivity index (χ2v) is 11.3. The predicted octanol–water partition coefficient (Wildman–Crippen LogP) is 5.18. The van der Waals surface area contributed by atoms with Crippen molar-refractivity contribution in [3.05, 3.63) is 11.6 Å². The summed E-state index contributed by atoms with van der Waals surface area (Å²) in [6, 6.07) is 0. The zero-order chi connectivity index (χ0) is 21.0. The minimum atomic E-state index is -0.365. The maximum atomic E-state index is 12.1. The van der Waals surface area contributed by atoms with Gasteiger partial charge in [0.05, 0.1) is 12.7 Å². The summed E-state index contributed by atoms with van der Waals surface area (Å²) in [6.07, 6.45) is 16.3. The van der Waals surface area contributed by atoms with Gasteiger partial charge in [0.1, 0.15) is 0 Å². The number of aliphatic hydroxyl groups is 1. The van der Waals surface area contributed by atoms with Crippen molar-refractivity contribution >= 4 is 5.78 Å². The van der Waals surface area contributed by atoms with Crippen LogP contribution >= 0.6 is 0 Å². The fraction of sp³-hybridized carbons (Fsp3) is 0.885. The molecule has 0 bridgehead atoms. The normalized spacial score (nSPS) is 45.3. The largest absolute Gasteiger partial charge is 0.395 e. The van der Waals surface area contributed by atoms with Gasteiger partial charge >= 0.3 is 0 Å². The van der Waals surface area contributed by atoms with Crippen molar-refractivity contribution in [2.24, 2.45) is 28.6 Å². The van der Waals surface area contributed by atoms with Gasteiger partial charge in [0.15, 0.2) is 11.6 Å². The molecule has 4 saturated carbocycles. The molecule has 0 radical (unpaired) electrons. The molecule has 5 aliphatic carbocycles. The van der Waals surface area contributed by atoms with Gasteiger partial charge in [0.2, 0.25) is 0 Å². The predicted molar refractivity (Wildman–Crippen MR) is 116 cm³/mol. The van der Waals surface area contributed by atoms with E-state index in [0.29, 0.717) is 24.2 Å². The third-order valence-electron chi connectivity index (χ3n) is 10.2. The van der Waals surface area contributed by atoms with Gasteiger partial charge < -0.3 is 14.6 Å². The minimum Gasteiger partial charge on any atom is -0.395 e. The van der Waals surface area contributed by atoms with Crippen molar-refractivity contribution in [1.82, 2.24) is 0 Å². The van der Waals surface area contributed by atoms with Crippen LogP contribution in [0.3, 0.4) is 0 Å². The molecule has 0 aliphatic heterocycles. The zero-order valence-corrected chi connectivity index (χ0v) is 19.0. The van der Waals surface area contributed by atoms with E-state index in [1.54, 1.807) is 0 Å². The molecule has 0 spiro atoms. The topological polar surface area (TPSA) is 55.8 Å². The van der Waals surface area contributed by atoms with Crippen LogP contribution in [-0.4, -0.2) is 36.5 Å². The van der Waals surface area contributed by atoms with E-state index >= 15 is 0 Å². The summed E-state index contributed by atoms with van der Waals surface area (Å²) in [5, 5.41) is 10.5. The van der Waals surface area contributed by atoms with Gasteiger partial charge in [-0.15, -0.1) is 0 Å². The molecule has 0 aromatic heterocycles. The summed E-state index contributed by atoms with van der Waals surface area (Å²) in [5.74, 6) is 1.75. The standard InChI is InChI=1S/C26H40O4/c1-24-14-11-22-20(7-6-18-16-19(28)10-15-25(18,22)17-27)21(24)8-9-23(24)30-26(29-2)12-4-3-5-13-26/h16,20-23,27H,3-15,17H2,1-2H3/t20-,21-,22-,23-,24-,25+/m0/s1. The number of aliphatic hydroxyl groups excluding tert-OH is 1. The maximum Gasteiger partial charge on any atom is 0.168 e. The Kier molecular flexibility index (Phi) is 5.43. The third kappa shape index (κ3) is 3.08. The van der Waals surface area contributed by atoms with Crippen LogP contribution in [0.1, 0.15) is 90.4 Å². The van der Waals surface area contributed by atoms with Crippen LogP contribution in [0.4, 0.5) is 0 Å². The van der Waals surface area contributed by atoms with Crippen LogP contribution in [0.25, 0.3) is 0 Å². The first-order chi connectivity index (χ1) is 14.5. The van der Waals surface area contributed by atoms with Crippen molar-refractivity contribution in [2.75, 3.05) is 13.7 Å². The summed E-state index contributed by atoms with van der Waals surface area (Å²) in [6.45, 7) is 2.70. The Balaban J connectivity index is 1.39. The number of rotatable bonds is 4. The van der Waals surface area contributed by atoms with Crippen LogP contribution in [0.15, 0.2) is 11.6 Å². The molecule has 168 valence electrons. The molecule has 4 heteroatoms. The summed E-state index contributed by atoms with van der Waals surface area (Å²) in [4.78, 5) is 12.1. The van der Waals surface area contributed by atoms with Crippen molar-refractivity contribution in [3.63, 3.8) is 0 Å². The number of hydrogen-bond acceptors (Lipinski definition) is 4. The average molecular weight is 417 g/mol. The zero-order valence-electron chi connectivity index (χ0n) is 19.0. The first-order valence-corrected chi connectivity index (χ1v) is 12.5. The van der Waals surface area contributed by atoms with E-state index < -0.39 is 0 Å². The molecular formula is C26H40O4. The lowest BCUT2D eigenvalue weighted by molar-refractivity contribution is -0.280. The summed E-state index contributed by atoms with van der Waals surface area (Å²) in [5.41, 5.74) is 1.35. The molecule has 4 fully saturated rings. The molecule has 5 aliphatic rings. The molecule has 0 aromatic rings. The van der Waals surface area contributed by atoms with E-state index in [9.17, 15) is 9.90 Å². The van der Waals surface area contributed by atoms with Gasteiger partial charge in [-0.05, 0) is 87.0 Å². The molecule has 5 rings (SSSR count). The highest BCUT2D eigenvalue weighted by Crippen LogP contribution is 2.66. The first-order valence-electron chi connectivity index (χ1n) is 12.5. The monoisotopic (exact) mass is 416 g/mol. The summed E-state index contributed by atoms with van der Waals surface area (Å²) < 4.78 is 12.9. The number of fused-ring (bicyclic) bond motifs is 5. The Hall–Kier alpha value is -0.710. The Labute approximate surface area is 181 Å². The third-order valence-corrected chi connectivity index (χ3v) is 10.2. The van der Waals surface area contributed by atoms with Gasteiger partial charge in [-0.3, -0.25) is 4.79 Å². The number of ketones is 1. The maximum absolute atomic E-state index is 12.1. The van der Waals surface area contributed by atoms with E-state index in [4.69, 9.17) is 9.47 Å². The Morgan fingerprint density at radius 3 is 2.53 bits per heavy atom. The van der Waals surface area contributed by atoms with Gasteiger partial charge in [0.25, 0.3) is 0 Å². The van der Waals surface area contributed by atoms with Crippen LogP contribution < -0.4 is 0 Å². The quantitative estimate of drug-likeness (QED) is 0.641. The Bertz CT molecular complexity index is 708. The Morgan fingerprint density at radius 2 is 1.80 bits per heavy atom. The van der Waals surface area contributed by atoms with Crippen LogP contribution in [0, 0.1) is 28.6 Å². The van der Waals surface area contributed by atoms with Crippen LogP contribution in [0.5, 0.6) is 0 Å². The fourth-order valence-electron chi connectivity index (χ4n) is 8.52. The average Bonchev–Trinajstić information content (AvgIpc) is 3.10. The molecule has 0 heterocycles. The van der Waals surface area contributed by atoms with E-state index in [1.807, 2.05) is 13.2 Å². The highest BCUT2D eigenvalue weighted by molar-refractivity contribution is 5.91.